The van der Waals surface area contributed by atoms with Crippen LogP contribution in [-0.4, -0.2) is 73.2 Å². The fraction of sp³-hybridized carbons (Fsp3) is 0.917. The molecule has 1 saturated heterocycles. The summed E-state index contributed by atoms with van der Waals surface area (Å²) in [6, 6.07) is 0. The third-order valence-electron chi connectivity index (χ3n) is 3.36. The molecule has 0 radical (unpaired) electrons. The minimum atomic E-state index is -0.631. The summed E-state index contributed by atoms with van der Waals surface area (Å²) >= 11 is 0. The molecule has 0 aliphatic carbocycles. The van der Waals surface area contributed by atoms with E-state index in [1.807, 2.05) is 11.8 Å². The van der Waals surface area contributed by atoms with Crippen molar-refractivity contribution in [3.8, 4) is 0 Å². The molecule has 0 spiro atoms. The van der Waals surface area contributed by atoms with E-state index in [0.29, 0.717) is 13.1 Å². The van der Waals surface area contributed by atoms with Crippen molar-refractivity contribution in [2.45, 2.75) is 25.4 Å². The van der Waals surface area contributed by atoms with Crippen LogP contribution in [0.3, 0.4) is 0 Å². The Morgan fingerprint density at radius 2 is 1.94 bits per heavy atom. The fourth-order valence-electron chi connectivity index (χ4n) is 2.08. The zero-order valence-corrected chi connectivity index (χ0v) is 11.2. The largest absolute Gasteiger partial charge is 0.388 e. The Bertz CT molecular complexity index is 250. The third kappa shape index (κ3) is 4.61. The number of nitrogens with one attached hydrogen (secondary N) is 1. The molecule has 1 rings (SSSR count). The van der Waals surface area contributed by atoms with E-state index in [0.717, 1.165) is 32.5 Å². The zero-order valence-electron chi connectivity index (χ0n) is 11.2. The second-order valence-electron chi connectivity index (χ2n) is 5.07. The minimum absolute atomic E-state index is 0.0874. The summed E-state index contributed by atoms with van der Waals surface area (Å²) in [5.41, 5.74) is -0.631. The maximum absolute atomic E-state index is 11.6. The molecule has 1 amide bonds. The first-order valence-corrected chi connectivity index (χ1v) is 6.32. The van der Waals surface area contributed by atoms with Gasteiger partial charge in [-0.1, -0.05) is 6.92 Å². The lowest BCUT2D eigenvalue weighted by Gasteiger charge is -2.37. The Kier molecular flexibility index (Phi) is 5.36. The van der Waals surface area contributed by atoms with Crippen LogP contribution in [0.4, 0.5) is 0 Å². The summed E-state index contributed by atoms with van der Waals surface area (Å²) < 4.78 is 0. The number of likely N-dealkylation sites (N-methyl/N-ethyl adjacent to an activating group) is 2. The molecule has 5 heteroatoms. The van der Waals surface area contributed by atoms with Crippen molar-refractivity contribution in [1.29, 1.82) is 0 Å². The van der Waals surface area contributed by atoms with Gasteiger partial charge in [-0.2, -0.15) is 0 Å². The van der Waals surface area contributed by atoms with Crippen LogP contribution in [0.1, 0.15) is 19.8 Å². The summed E-state index contributed by atoms with van der Waals surface area (Å²) in [7, 11) is 3.52. The van der Waals surface area contributed by atoms with Gasteiger partial charge in [0.1, 0.15) is 0 Å². The van der Waals surface area contributed by atoms with Gasteiger partial charge in [0, 0.05) is 20.6 Å². The number of rotatable bonds is 5. The second kappa shape index (κ2) is 6.33. The van der Waals surface area contributed by atoms with Crippen molar-refractivity contribution in [2.24, 2.45) is 0 Å². The van der Waals surface area contributed by atoms with Gasteiger partial charge in [0.25, 0.3) is 0 Å². The van der Waals surface area contributed by atoms with Crippen LogP contribution in [-0.2, 0) is 4.79 Å². The topological polar surface area (TPSA) is 55.8 Å². The molecular formula is C12H25N3O2. The van der Waals surface area contributed by atoms with E-state index >= 15 is 0 Å². The zero-order chi connectivity index (χ0) is 12.9. The molecule has 0 aromatic carbocycles. The van der Waals surface area contributed by atoms with E-state index in [4.69, 9.17) is 0 Å². The average Bonchev–Trinajstić information content (AvgIpc) is 2.28. The maximum Gasteiger partial charge on any atom is 0.236 e. The first-order chi connectivity index (χ1) is 7.97. The Labute approximate surface area is 104 Å². The van der Waals surface area contributed by atoms with Gasteiger partial charge < -0.3 is 15.3 Å². The highest BCUT2D eigenvalue weighted by Crippen LogP contribution is 2.19. The molecule has 1 aliphatic rings. The van der Waals surface area contributed by atoms with Crippen LogP contribution in [0.2, 0.25) is 0 Å². The van der Waals surface area contributed by atoms with Gasteiger partial charge in [0.2, 0.25) is 5.91 Å². The molecule has 1 aliphatic heterocycles. The molecular weight excluding hydrogens is 218 g/mol. The summed E-state index contributed by atoms with van der Waals surface area (Å²) in [4.78, 5) is 15.3. The number of piperidine rings is 1. The van der Waals surface area contributed by atoms with Crippen molar-refractivity contribution in [2.75, 3.05) is 46.8 Å². The minimum Gasteiger partial charge on any atom is -0.388 e. The smallest absolute Gasteiger partial charge is 0.236 e. The number of amides is 1. The van der Waals surface area contributed by atoms with Crippen LogP contribution in [0.25, 0.3) is 0 Å². The normalized spacial score (nSPS) is 19.4. The molecule has 0 aromatic heterocycles. The molecule has 17 heavy (non-hydrogen) atoms. The Morgan fingerprint density at radius 1 is 1.35 bits per heavy atom. The molecule has 0 atom stereocenters. The number of carbonyl (C=O) groups excluding carboxylic acids is 1. The van der Waals surface area contributed by atoms with E-state index in [9.17, 15) is 9.90 Å². The highest BCUT2D eigenvalue weighted by molar-refractivity contribution is 5.77. The number of aliphatic hydroxyl groups is 1. The number of carbonyl (C=O) groups is 1. The molecule has 1 fully saturated rings. The van der Waals surface area contributed by atoms with E-state index in [1.165, 1.54) is 0 Å². The number of hydrogen-bond acceptors (Lipinski definition) is 4. The molecule has 1 heterocycles. The first kappa shape index (κ1) is 14.4. The summed E-state index contributed by atoms with van der Waals surface area (Å²) in [5, 5.41) is 13.7. The van der Waals surface area contributed by atoms with Crippen molar-refractivity contribution in [3.63, 3.8) is 0 Å². The van der Waals surface area contributed by atoms with Gasteiger partial charge in [-0.15, -0.1) is 0 Å². The van der Waals surface area contributed by atoms with Gasteiger partial charge in [-0.3, -0.25) is 9.69 Å². The van der Waals surface area contributed by atoms with Gasteiger partial charge in [0.15, 0.2) is 0 Å². The fourth-order valence-corrected chi connectivity index (χ4v) is 2.08. The van der Waals surface area contributed by atoms with Crippen LogP contribution < -0.4 is 5.32 Å². The molecule has 0 bridgehead atoms. The van der Waals surface area contributed by atoms with Crippen molar-refractivity contribution >= 4 is 5.91 Å². The average molecular weight is 243 g/mol. The molecule has 100 valence electrons. The molecule has 0 saturated carbocycles. The lowest BCUT2D eigenvalue weighted by Crippen LogP contribution is -2.51. The predicted molar refractivity (Wildman–Crippen MR) is 67.9 cm³/mol. The van der Waals surface area contributed by atoms with E-state index < -0.39 is 5.60 Å². The first-order valence-electron chi connectivity index (χ1n) is 6.32. The summed E-state index contributed by atoms with van der Waals surface area (Å²) in [6.07, 6.45) is 1.53. The molecule has 0 unspecified atom stereocenters. The molecule has 2 N–H and O–H groups in total. The second-order valence-corrected chi connectivity index (χ2v) is 5.07. The van der Waals surface area contributed by atoms with Gasteiger partial charge in [-0.25, -0.2) is 0 Å². The van der Waals surface area contributed by atoms with Crippen LogP contribution in [0.5, 0.6) is 0 Å². The van der Waals surface area contributed by atoms with Crippen molar-refractivity contribution in [3.05, 3.63) is 0 Å². The summed E-state index contributed by atoms with van der Waals surface area (Å²) in [5.74, 6) is 0.0874. The quantitative estimate of drug-likeness (QED) is 0.684. The van der Waals surface area contributed by atoms with Gasteiger partial charge in [-0.05, 0) is 32.5 Å². The van der Waals surface area contributed by atoms with E-state index in [2.05, 4.69) is 5.32 Å². The lowest BCUT2D eigenvalue weighted by molar-refractivity contribution is -0.130. The predicted octanol–water partition coefficient (Wildman–Crippen LogP) is -0.489. The van der Waals surface area contributed by atoms with Crippen molar-refractivity contribution in [1.82, 2.24) is 15.1 Å². The SMILES string of the molecule is CCN(CC(=O)N(C)C)CC1(O)CCNCC1. The highest BCUT2D eigenvalue weighted by Gasteiger charge is 2.31. The van der Waals surface area contributed by atoms with E-state index in [-0.39, 0.29) is 5.91 Å². The lowest BCUT2D eigenvalue weighted by atomic mass is 9.92. The Morgan fingerprint density at radius 3 is 2.41 bits per heavy atom. The maximum atomic E-state index is 11.6. The summed E-state index contributed by atoms with van der Waals surface area (Å²) in [6.45, 7) is 5.50. The van der Waals surface area contributed by atoms with Crippen LogP contribution >= 0.6 is 0 Å². The van der Waals surface area contributed by atoms with Gasteiger partial charge >= 0.3 is 0 Å². The Balaban J connectivity index is 2.47. The highest BCUT2D eigenvalue weighted by atomic mass is 16.3. The van der Waals surface area contributed by atoms with Crippen molar-refractivity contribution < 1.29 is 9.90 Å². The Hall–Kier alpha value is -0.650. The van der Waals surface area contributed by atoms with Crippen LogP contribution in [0, 0.1) is 0 Å². The molecule has 5 nitrogen and oxygen atoms in total. The third-order valence-corrected chi connectivity index (χ3v) is 3.36. The number of hydrogen-bond donors (Lipinski definition) is 2. The van der Waals surface area contributed by atoms with Crippen LogP contribution in [0.15, 0.2) is 0 Å². The monoisotopic (exact) mass is 243 g/mol. The standard InChI is InChI=1S/C12H25N3O2/c1-4-15(9-11(16)14(2)3)10-12(17)5-7-13-8-6-12/h13,17H,4-10H2,1-3H3. The number of nitrogens with zero attached hydrogens (tertiary/aromatic N) is 2. The molecule has 0 aromatic rings. The van der Waals surface area contributed by atoms with Gasteiger partial charge in [0.05, 0.1) is 12.1 Å². The van der Waals surface area contributed by atoms with E-state index in [1.54, 1.807) is 19.0 Å².